The lowest BCUT2D eigenvalue weighted by molar-refractivity contribution is -0.161. The molecule has 3 atom stereocenters. The summed E-state index contributed by atoms with van der Waals surface area (Å²) in [5, 5.41) is 9.81. The minimum Gasteiger partial charge on any atom is -0.462 e. The molecule has 0 spiro atoms. The van der Waals surface area contributed by atoms with Crippen molar-refractivity contribution in [1.82, 2.24) is 0 Å². The van der Waals surface area contributed by atoms with E-state index in [1.807, 2.05) is 0 Å². The van der Waals surface area contributed by atoms with Gasteiger partial charge in [-0.2, -0.15) is 0 Å². The molecule has 0 saturated heterocycles. The minimum absolute atomic E-state index is 0.152. The molecule has 12 heteroatoms. The van der Waals surface area contributed by atoms with Gasteiger partial charge in [0.15, 0.2) is 6.10 Å². The van der Waals surface area contributed by atoms with Crippen LogP contribution in [0.3, 0.4) is 0 Å². The monoisotopic (exact) mass is 1090 g/mol. The largest absolute Gasteiger partial charge is 0.472 e. The average molecular weight is 1090 g/mol. The van der Waals surface area contributed by atoms with Crippen molar-refractivity contribution in [3.63, 3.8) is 0 Å². The van der Waals surface area contributed by atoms with Crippen LogP contribution in [0.2, 0.25) is 0 Å². The highest BCUT2D eigenvalue weighted by Crippen LogP contribution is 2.43. The first-order chi connectivity index (χ1) is 37.2. The third kappa shape index (κ3) is 55.9. The lowest BCUT2D eigenvalue weighted by atomic mass is 10.1. The zero-order valence-electron chi connectivity index (χ0n) is 49.0. The number of esters is 3. The molecule has 3 unspecified atom stereocenters. The van der Waals surface area contributed by atoms with E-state index in [2.05, 4.69) is 81.5 Å². The van der Waals surface area contributed by atoms with Gasteiger partial charge < -0.3 is 24.2 Å². The van der Waals surface area contributed by atoms with Crippen molar-refractivity contribution in [2.45, 2.75) is 303 Å². The highest BCUT2D eigenvalue weighted by Gasteiger charge is 2.28. The fourth-order valence-electron chi connectivity index (χ4n) is 8.70. The van der Waals surface area contributed by atoms with Crippen molar-refractivity contribution in [2.75, 3.05) is 26.4 Å². The maximum absolute atomic E-state index is 12.9. The van der Waals surface area contributed by atoms with Gasteiger partial charge in [0.25, 0.3) is 0 Å². The summed E-state index contributed by atoms with van der Waals surface area (Å²) >= 11 is 0. The fourth-order valence-corrected chi connectivity index (χ4v) is 9.48. The Bertz CT molecular complexity index is 1510. The van der Waals surface area contributed by atoms with Crippen LogP contribution >= 0.6 is 7.82 Å². The predicted molar refractivity (Wildman–Crippen MR) is 316 cm³/mol. The number of ether oxygens (including phenoxy) is 3. The number of carbonyl (C=O) groups is 3. The Hall–Kier alpha value is -2.82. The SMILES string of the molecule is CC/C=C\C/C=C\C/C=C\C/C=C\CCCCCCCCC(=O)OC(COC(=O)CCCCCCCCCCC/C=C\CCCCCCCC)COP(=O)(O)OCC(CO)OC(=O)CCCCCCCCCCCCC. The molecule has 2 N–H and O–H groups in total. The summed E-state index contributed by atoms with van der Waals surface area (Å²) in [7, 11) is -4.75. The van der Waals surface area contributed by atoms with Crippen LogP contribution in [0.15, 0.2) is 60.8 Å². The van der Waals surface area contributed by atoms with E-state index in [0.29, 0.717) is 19.3 Å². The van der Waals surface area contributed by atoms with E-state index in [9.17, 15) is 28.9 Å². The molecule has 0 heterocycles. The maximum Gasteiger partial charge on any atom is 0.472 e. The molecule has 0 aromatic heterocycles. The Morgan fingerprint density at radius 3 is 1.07 bits per heavy atom. The number of aliphatic hydroxyl groups excluding tert-OH is 1. The molecule has 0 bridgehead atoms. The van der Waals surface area contributed by atoms with Crippen molar-refractivity contribution < 1.29 is 52.2 Å². The van der Waals surface area contributed by atoms with Gasteiger partial charge in [-0.15, -0.1) is 0 Å². The molecule has 442 valence electrons. The van der Waals surface area contributed by atoms with Gasteiger partial charge in [-0.3, -0.25) is 23.4 Å². The van der Waals surface area contributed by atoms with Gasteiger partial charge in [-0.25, -0.2) is 4.57 Å². The molecular weight excluding hydrogens is 976 g/mol. The lowest BCUT2D eigenvalue weighted by Gasteiger charge is -2.21. The van der Waals surface area contributed by atoms with E-state index in [1.165, 1.54) is 128 Å². The molecule has 76 heavy (non-hydrogen) atoms. The molecule has 0 aliphatic rings. The van der Waals surface area contributed by atoms with Crippen molar-refractivity contribution in [2.24, 2.45) is 0 Å². The van der Waals surface area contributed by atoms with Crippen LogP contribution in [0.1, 0.15) is 290 Å². The van der Waals surface area contributed by atoms with Gasteiger partial charge >= 0.3 is 25.7 Å². The molecule has 0 saturated carbocycles. The summed E-state index contributed by atoms with van der Waals surface area (Å²) < 4.78 is 39.6. The van der Waals surface area contributed by atoms with E-state index in [-0.39, 0.29) is 25.9 Å². The Morgan fingerprint density at radius 2 is 0.684 bits per heavy atom. The predicted octanol–water partition coefficient (Wildman–Crippen LogP) is 18.7. The fraction of sp³-hybridized carbons (Fsp3) is 0.797. The summed E-state index contributed by atoms with van der Waals surface area (Å²) in [6.07, 6.45) is 64.6. The Kier molecular flexibility index (Phi) is 56.2. The first-order valence-electron chi connectivity index (χ1n) is 31.2. The smallest absolute Gasteiger partial charge is 0.462 e. The van der Waals surface area contributed by atoms with Crippen LogP contribution in [0.4, 0.5) is 0 Å². The minimum atomic E-state index is -4.75. The third-order valence-corrected chi connectivity index (χ3v) is 14.4. The normalized spacial score (nSPS) is 13.7. The number of rotatable bonds is 58. The summed E-state index contributed by atoms with van der Waals surface area (Å²) in [5.74, 6) is -1.47. The average Bonchev–Trinajstić information content (AvgIpc) is 3.41. The summed E-state index contributed by atoms with van der Waals surface area (Å²) in [6, 6.07) is 0. The highest BCUT2D eigenvalue weighted by molar-refractivity contribution is 7.47. The second-order valence-corrected chi connectivity index (χ2v) is 22.3. The van der Waals surface area contributed by atoms with Crippen molar-refractivity contribution in [3.8, 4) is 0 Å². The lowest BCUT2D eigenvalue weighted by Crippen LogP contribution is -2.30. The number of allylic oxidation sites excluding steroid dienone is 10. The first kappa shape index (κ1) is 73.2. The number of hydrogen-bond acceptors (Lipinski definition) is 10. The quantitative estimate of drug-likeness (QED) is 0.0197. The second kappa shape index (κ2) is 58.3. The molecule has 0 fully saturated rings. The van der Waals surface area contributed by atoms with Crippen LogP contribution in [0, 0.1) is 0 Å². The van der Waals surface area contributed by atoms with Gasteiger partial charge in [0.1, 0.15) is 12.7 Å². The molecule has 0 rings (SSSR count). The van der Waals surface area contributed by atoms with E-state index in [1.54, 1.807) is 0 Å². The standard InChI is InChI=1S/C64H115O11P/c1-4-7-10-13-16-19-22-24-26-28-30-32-34-36-39-41-44-47-50-53-62(66)71-57-61(75-64(68)55-52-49-46-43-40-37-35-33-31-29-27-25-23-20-17-14-11-8-5-2)59-73-76(69,70)72-58-60(56-65)74-63(67)54-51-48-45-42-38-21-18-15-12-9-6-3/h8,11,17,20,24-27,31,33,60-61,65H,4-7,9-10,12-16,18-19,21-23,28-30,32,34-59H2,1-3H3,(H,69,70)/b11-8-,20-17-,26-24-,27-25-,33-31-. The van der Waals surface area contributed by atoms with Gasteiger partial charge in [-0.1, -0.05) is 248 Å². The number of unbranched alkanes of at least 4 members (excludes halogenated alkanes) is 31. The summed E-state index contributed by atoms with van der Waals surface area (Å²) in [4.78, 5) is 48.6. The van der Waals surface area contributed by atoms with Crippen molar-refractivity contribution in [3.05, 3.63) is 60.8 Å². The van der Waals surface area contributed by atoms with Crippen LogP contribution in [0.5, 0.6) is 0 Å². The number of hydrogen-bond donors (Lipinski definition) is 2. The molecule has 0 aromatic rings. The zero-order valence-corrected chi connectivity index (χ0v) is 49.9. The van der Waals surface area contributed by atoms with Gasteiger partial charge in [-0.05, 0) is 83.5 Å². The molecule has 0 amide bonds. The third-order valence-electron chi connectivity index (χ3n) is 13.4. The summed E-state index contributed by atoms with van der Waals surface area (Å²) in [6.45, 7) is 4.54. The topological polar surface area (TPSA) is 155 Å². The van der Waals surface area contributed by atoms with E-state index in [4.69, 9.17) is 23.3 Å². The number of phosphoric ester groups is 1. The van der Waals surface area contributed by atoms with Gasteiger partial charge in [0.05, 0.1) is 19.8 Å². The summed E-state index contributed by atoms with van der Waals surface area (Å²) in [5.41, 5.74) is 0. The Balaban J connectivity index is 4.71. The molecule has 11 nitrogen and oxygen atoms in total. The number of carbonyl (C=O) groups excluding carboxylic acids is 3. The van der Waals surface area contributed by atoms with E-state index < -0.39 is 57.8 Å². The van der Waals surface area contributed by atoms with Gasteiger partial charge in [0, 0.05) is 19.3 Å². The molecular formula is C64H115O11P. The van der Waals surface area contributed by atoms with Crippen LogP contribution in [-0.2, 0) is 42.2 Å². The second-order valence-electron chi connectivity index (χ2n) is 20.8. The van der Waals surface area contributed by atoms with Crippen molar-refractivity contribution >= 4 is 25.7 Å². The van der Waals surface area contributed by atoms with Crippen LogP contribution in [0.25, 0.3) is 0 Å². The maximum atomic E-state index is 12.9. The molecule has 0 aromatic carbocycles. The molecule has 0 aliphatic heterocycles. The van der Waals surface area contributed by atoms with Crippen LogP contribution < -0.4 is 0 Å². The molecule has 0 aliphatic carbocycles. The van der Waals surface area contributed by atoms with Gasteiger partial charge in [0.2, 0.25) is 0 Å². The zero-order chi connectivity index (χ0) is 55.5. The highest BCUT2D eigenvalue weighted by atomic mass is 31.2. The van der Waals surface area contributed by atoms with Crippen molar-refractivity contribution in [1.29, 1.82) is 0 Å². The Labute approximate surface area is 465 Å². The first-order valence-corrected chi connectivity index (χ1v) is 32.7. The van der Waals surface area contributed by atoms with Crippen LogP contribution in [-0.4, -0.2) is 66.5 Å². The van der Waals surface area contributed by atoms with E-state index in [0.717, 1.165) is 103 Å². The Morgan fingerprint density at radius 1 is 0.382 bits per heavy atom. The molecule has 0 radical (unpaired) electrons. The number of aliphatic hydroxyl groups is 1. The van der Waals surface area contributed by atoms with E-state index >= 15 is 0 Å². The number of phosphoric acid groups is 1.